The summed E-state index contributed by atoms with van der Waals surface area (Å²) in [4.78, 5) is 18.9. The maximum atomic E-state index is 12.9. The van der Waals surface area contributed by atoms with E-state index >= 15 is 0 Å². The summed E-state index contributed by atoms with van der Waals surface area (Å²) in [6, 6.07) is 11.6. The predicted molar refractivity (Wildman–Crippen MR) is 94.1 cm³/mol. The summed E-state index contributed by atoms with van der Waals surface area (Å²) in [7, 11) is 0. The lowest BCUT2D eigenvalue weighted by atomic mass is 10.1. The highest BCUT2D eigenvalue weighted by molar-refractivity contribution is 6.30. The van der Waals surface area contributed by atoms with Crippen molar-refractivity contribution in [2.45, 2.75) is 32.4 Å². The smallest absolute Gasteiger partial charge is 0.272 e. The van der Waals surface area contributed by atoms with E-state index in [4.69, 9.17) is 16.3 Å². The van der Waals surface area contributed by atoms with Crippen LogP contribution in [0.2, 0.25) is 5.02 Å². The molecule has 0 N–H and O–H groups in total. The molecule has 1 atom stereocenters. The topological polar surface area (TPSA) is 42.4 Å². The molecule has 1 amide bonds. The number of pyridine rings is 1. The van der Waals surface area contributed by atoms with E-state index in [2.05, 4.69) is 24.0 Å². The molecule has 1 aromatic heterocycles. The number of ether oxygens (including phenoxy) is 1. The average Bonchev–Trinajstić information content (AvgIpc) is 3.07. The van der Waals surface area contributed by atoms with Crippen molar-refractivity contribution < 1.29 is 9.53 Å². The highest BCUT2D eigenvalue weighted by Crippen LogP contribution is 2.18. The van der Waals surface area contributed by atoms with Gasteiger partial charge in [-0.2, -0.15) is 0 Å². The summed E-state index contributed by atoms with van der Waals surface area (Å²) in [6.07, 6.45) is 3.65. The van der Waals surface area contributed by atoms with E-state index in [9.17, 15) is 4.79 Å². The minimum Gasteiger partial charge on any atom is -0.376 e. The summed E-state index contributed by atoms with van der Waals surface area (Å²) in [5.74, 6) is -0.0938. The summed E-state index contributed by atoms with van der Waals surface area (Å²) in [5.41, 5.74) is 2.70. The molecule has 1 aliphatic heterocycles. The van der Waals surface area contributed by atoms with E-state index in [0.29, 0.717) is 23.8 Å². The molecule has 1 fully saturated rings. The Balaban J connectivity index is 1.80. The largest absolute Gasteiger partial charge is 0.376 e. The molecule has 5 heteroatoms. The van der Waals surface area contributed by atoms with Crippen LogP contribution in [0.5, 0.6) is 0 Å². The van der Waals surface area contributed by atoms with Gasteiger partial charge in [0.25, 0.3) is 5.91 Å². The number of hydrogen-bond donors (Lipinski definition) is 0. The Kier molecular flexibility index (Phi) is 5.48. The van der Waals surface area contributed by atoms with E-state index in [1.54, 1.807) is 12.1 Å². The van der Waals surface area contributed by atoms with Gasteiger partial charge in [-0.1, -0.05) is 41.4 Å². The average molecular weight is 345 g/mol. The van der Waals surface area contributed by atoms with Gasteiger partial charge in [-0.05, 0) is 37.5 Å². The van der Waals surface area contributed by atoms with Gasteiger partial charge in [0, 0.05) is 25.9 Å². The first-order valence-electron chi connectivity index (χ1n) is 8.20. The Morgan fingerprint density at radius 2 is 2.25 bits per heavy atom. The fourth-order valence-corrected chi connectivity index (χ4v) is 3.06. The van der Waals surface area contributed by atoms with E-state index < -0.39 is 0 Å². The maximum absolute atomic E-state index is 12.9. The number of hydrogen-bond acceptors (Lipinski definition) is 3. The zero-order valence-electron chi connectivity index (χ0n) is 13.7. The highest BCUT2D eigenvalue weighted by atomic mass is 35.5. The van der Waals surface area contributed by atoms with Crippen LogP contribution in [0.25, 0.3) is 0 Å². The number of halogens is 1. The van der Waals surface area contributed by atoms with Crippen molar-refractivity contribution in [2.75, 3.05) is 13.2 Å². The third-order valence-corrected chi connectivity index (χ3v) is 4.36. The van der Waals surface area contributed by atoms with Crippen molar-refractivity contribution >= 4 is 17.5 Å². The Bertz CT molecular complexity index is 697. The first-order chi connectivity index (χ1) is 11.6. The Hall–Kier alpha value is -1.91. The van der Waals surface area contributed by atoms with Crippen LogP contribution >= 0.6 is 11.6 Å². The Morgan fingerprint density at radius 3 is 2.92 bits per heavy atom. The molecule has 24 heavy (non-hydrogen) atoms. The van der Waals surface area contributed by atoms with E-state index in [-0.39, 0.29) is 12.0 Å². The molecule has 0 bridgehead atoms. The van der Waals surface area contributed by atoms with Crippen molar-refractivity contribution in [2.24, 2.45) is 0 Å². The fourth-order valence-electron chi connectivity index (χ4n) is 2.95. The van der Waals surface area contributed by atoms with Gasteiger partial charge < -0.3 is 9.64 Å². The first-order valence-corrected chi connectivity index (χ1v) is 8.57. The standard InChI is InChI=1S/C19H21ClN2O2/c1-14-4-2-5-15(10-14)12-22(13-17-6-3-9-24-17)19(23)18-8-7-16(20)11-21-18/h2,4-5,7-8,10-11,17H,3,6,9,12-13H2,1H3. The lowest BCUT2D eigenvalue weighted by Gasteiger charge is -2.25. The second-order valence-electron chi connectivity index (χ2n) is 6.17. The third kappa shape index (κ3) is 4.34. The molecule has 0 saturated carbocycles. The molecule has 2 heterocycles. The summed E-state index contributed by atoms with van der Waals surface area (Å²) >= 11 is 5.87. The van der Waals surface area contributed by atoms with Gasteiger partial charge in [0.05, 0.1) is 11.1 Å². The molecule has 1 aliphatic rings. The quantitative estimate of drug-likeness (QED) is 0.827. The van der Waals surface area contributed by atoms with Crippen LogP contribution in [-0.2, 0) is 11.3 Å². The van der Waals surface area contributed by atoms with Gasteiger partial charge in [0.15, 0.2) is 0 Å². The number of amides is 1. The van der Waals surface area contributed by atoms with Gasteiger partial charge in [-0.15, -0.1) is 0 Å². The number of rotatable bonds is 5. The molecule has 0 radical (unpaired) electrons. The van der Waals surface area contributed by atoms with Gasteiger partial charge >= 0.3 is 0 Å². The molecule has 2 aromatic rings. The summed E-state index contributed by atoms with van der Waals surface area (Å²) in [6.45, 7) is 3.95. The molecule has 1 saturated heterocycles. The minimum absolute atomic E-state index is 0.0938. The van der Waals surface area contributed by atoms with Crippen LogP contribution in [0.15, 0.2) is 42.6 Å². The van der Waals surface area contributed by atoms with Crippen molar-refractivity contribution in [3.05, 3.63) is 64.4 Å². The molecule has 1 unspecified atom stereocenters. The van der Waals surface area contributed by atoms with Crippen LogP contribution < -0.4 is 0 Å². The molecule has 0 spiro atoms. The molecular formula is C19H21ClN2O2. The molecule has 4 nitrogen and oxygen atoms in total. The molecular weight excluding hydrogens is 324 g/mol. The monoisotopic (exact) mass is 344 g/mol. The van der Waals surface area contributed by atoms with Crippen LogP contribution in [0.3, 0.4) is 0 Å². The fraction of sp³-hybridized carbons (Fsp3) is 0.368. The van der Waals surface area contributed by atoms with Crippen molar-refractivity contribution in [1.82, 2.24) is 9.88 Å². The van der Waals surface area contributed by atoms with Gasteiger partial charge in [-0.3, -0.25) is 4.79 Å². The lowest BCUT2D eigenvalue weighted by molar-refractivity contribution is 0.0503. The van der Waals surface area contributed by atoms with Crippen LogP contribution in [0, 0.1) is 6.92 Å². The van der Waals surface area contributed by atoms with Crippen LogP contribution in [0.1, 0.15) is 34.5 Å². The Labute approximate surface area is 147 Å². The second kappa shape index (κ2) is 7.77. The molecule has 3 rings (SSSR count). The van der Waals surface area contributed by atoms with E-state index in [1.807, 2.05) is 17.0 Å². The lowest BCUT2D eigenvalue weighted by Crippen LogP contribution is -2.37. The SMILES string of the molecule is Cc1cccc(CN(CC2CCCO2)C(=O)c2ccc(Cl)cn2)c1. The van der Waals surface area contributed by atoms with Gasteiger partial charge in [0.2, 0.25) is 0 Å². The second-order valence-corrected chi connectivity index (χ2v) is 6.61. The van der Waals surface area contributed by atoms with E-state index in [1.165, 1.54) is 11.8 Å². The van der Waals surface area contributed by atoms with Crippen molar-refractivity contribution in [3.8, 4) is 0 Å². The normalized spacial score (nSPS) is 17.0. The predicted octanol–water partition coefficient (Wildman–Crippen LogP) is 3.86. The number of carbonyl (C=O) groups excluding carboxylic acids is 1. The Morgan fingerprint density at radius 1 is 1.38 bits per heavy atom. The minimum atomic E-state index is -0.0938. The van der Waals surface area contributed by atoms with E-state index in [0.717, 1.165) is 25.0 Å². The first kappa shape index (κ1) is 16.9. The number of benzene rings is 1. The van der Waals surface area contributed by atoms with Crippen LogP contribution in [-0.4, -0.2) is 35.0 Å². The number of aromatic nitrogens is 1. The summed E-state index contributed by atoms with van der Waals surface area (Å²) < 4.78 is 5.71. The van der Waals surface area contributed by atoms with Gasteiger partial charge in [-0.25, -0.2) is 4.98 Å². The van der Waals surface area contributed by atoms with Crippen molar-refractivity contribution in [3.63, 3.8) is 0 Å². The zero-order valence-corrected chi connectivity index (χ0v) is 14.5. The highest BCUT2D eigenvalue weighted by Gasteiger charge is 2.24. The zero-order chi connectivity index (χ0) is 16.9. The van der Waals surface area contributed by atoms with Crippen LogP contribution in [0.4, 0.5) is 0 Å². The third-order valence-electron chi connectivity index (χ3n) is 4.14. The molecule has 126 valence electrons. The number of nitrogens with zero attached hydrogens (tertiary/aromatic N) is 2. The number of carbonyl (C=O) groups is 1. The molecule has 1 aromatic carbocycles. The van der Waals surface area contributed by atoms with Crippen molar-refractivity contribution in [1.29, 1.82) is 0 Å². The van der Waals surface area contributed by atoms with Gasteiger partial charge in [0.1, 0.15) is 5.69 Å². The summed E-state index contributed by atoms with van der Waals surface area (Å²) in [5, 5.41) is 0.524. The molecule has 0 aliphatic carbocycles. The number of aryl methyl sites for hydroxylation is 1. The maximum Gasteiger partial charge on any atom is 0.272 e.